The summed E-state index contributed by atoms with van der Waals surface area (Å²) < 4.78 is 189. The van der Waals surface area contributed by atoms with Crippen molar-refractivity contribution in [2.45, 2.75) is 155 Å². The van der Waals surface area contributed by atoms with Crippen molar-refractivity contribution in [1.29, 1.82) is 0 Å². The van der Waals surface area contributed by atoms with Gasteiger partial charge in [0.1, 0.15) is 12.4 Å². The van der Waals surface area contributed by atoms with Crippen LogP contribution in [0.15, 0.2) is 17.1 Å². The molecule has 0 spiro atoms. The van der Waals surface area contributed by atoms with Crippen LogP contribution in [0.1, 0.15) is 87.8 Å². The number of carbonyl (C=O) groups is 1. The zero-order valence-electron chi connectivity index (χ0n) is 67.7. The SMILES string of the molecule is CCCN(CCNP(=O)(NC)OC[C@@H]1CN(P(=O)(NC)OC[C@@H]2CN(P(=O)(NC)OC[C@@H]3CN(P(=O)(OC[C@H](CNP(=O)(OC[C@H](CNP(=O)(NC)OC[C@@H]4CN(CC)C[C@H](n5ccc(N)nc5=O)O4)O[C@@H](C)CC)N(C)C)O[C@@H](C)CC)N(C)C)C[C@H](C)O3)C[C@H](C)O2)C[C@H](C)O1)C(=O)OCCOCCOCCO. The Morgan fingerprint density at radius 2 is 1.08 bits per heavy atom. The zero-order valence-corrected chi connectivity index (χ0v) is 73.1. The first-order valence-corrected chi connectivity index (χ1v) is 47.4. The van der Waals surface area contributed by atoms with Gasteiger partial charge in [-0.3, -0.25) is 36.9 Å². The molecule has 1 amide bonds. The van der Waals surface area contributed by atoms with E-state index in [1.54, 1.807) is 42.2 Å². The average molecular weight is 1700 g/mol. The third-order valence-electron chi connectivity index (χ3n) is 18.2. The summed E-state index contributed by atoms with van der Waals surface area (Å²) in [5.74, 6) is 0.0894. The van der Waals surface area contributed by atoms with Gasteiger partial charge in [0.2, 0.25) is 0 Å². The minimum atomic E-state index is -3.91. The van der Waals surface area contributed by atoms with Crippen LogP contribution in [0.5, 0.6) is 0 Å². The van der Waals surface area contributed by atoms with E-state index in [0.717, 1.165) is 0 Å². The number of anilines is 1. The molecule has 41 nitrogen and oxygen atoms in total. The van der Waals surface area contributed by atoms with E-state index < -0.39 is 119 Å². The van der Waals surface area contributed by atoms with Gasteiger partial charge in [-0.15, -0.1) is 0 Å². The molecule has 4 aliphatic heterocycles. The van der Waals surface area contributed by atoms with E-state index >= 15 is 4.57 Å². The van der Waals surface area contributed by atoms with Crippen LogP contribution >= 0.6 is 46.0 Å². The molecule has 5 heterocycles. The van der Waals surface area contributed by atoms with Crippen molar-refractivity contribution in [3.8, 4) is 0 Å². The first kappa shape index (κ1) is 98.8. The monoisotopic (exact) mass is 1700 g/mol. The smallest absolute Gasteiger partial charge is 0.409 e. The van der Waals surface area contributed by atoms with E-state index in [4.69, 9.17) is 80.6 Å². The van der Waals surface area contributed by atoms with Crippen LogP contribution in [0.2, 0.25) is 0 Å². The van der Waals surface area contributed by atoms with E-state index in [1.807, 2.05) is 62.3 Å². The van der Waals surface area contributed by atoms with Crippen LogP contribution in [0.25, 0.3) is 0 Å². The summed E-state index contributed by atoms with van der Waals surface area (Å²) >= 11 is 0. The van der Waals surface area contributed by atoms with Crippen molar-refractivity contribution in [2.24, 2.45) is 0 Å². The number of aliphatic hydroxyl groups excluding tert-OH is 1. The lowest BCUT2D eigenvalue weighted by Gasteiger charge is -2.43. The predicted octanol–water partition coefficient (Wildman–Crippen LogP) is 4.07. The van der Waals surface area contributed by atoms with Crippen molar-refractivity contribution >= 4 is 57.9 Å². The molecule has 110 heavy (non-hydrogen) atoms. The highest BCUT2D eigenvalue weighted by atomic mass is 31.2. The molecule has 0 aliphatic carbocycles. The van der Waals surface area contributed by atoms with Gasteiger partial charge >= 0.3 is 57.8 Å². The number of nitrogen functional groups attached to an aromatic ring is 1. The van der Waals surface area contributed by atoms with Crippen molar-refractivity contribution in [3.05, 3.63) is 22.7 Å². The van der Waals surface area contributed by atoms with E-state index in [0.29, 0.717) is 52.0 Å². The Hall–Kier alpha value is -1.79. The largest absolute Gasteiger partial charge is 0.447 e. The number of nitrogens with two attached hydrogens (primary N) is 1. The first-order chi connectivity index (χ1) is 52.1. The molecule has 0 radical (unpaired) electrons. The second-order valence-electron chi connectivity index (χ2n) is 27.6. The number of aromatic nitrogens is 2. The highest BCUT2D eigenvalue weighted by Crippen LogP contribution is 2.55. The molecule has 18 atom stereocenters. The minimum Gasteiger partial charge on any atom is -0.447 e. The van der Waals surface area contributed by atoms with Gasteiger partial charge in [-0.05, 0) is 123 Å². The molecular formula is C63H133N17O24P6. The maximum absolute atomic E-state index is 15.4. The number of aliphatic hydroxyl groups is 1. The van der Waals surface area contributed by atoms with E-state index in [2.05, 4.69) is 45.5 Å². The number of nitrogens with one attached hydrogen (secondary N) is 7. The molecule has 10 N–H and O–H groups in total. The summed E-state index contributed by atoms with van der Waals surface area (Å²) in [7, 11) is -10.5. The third-order valence-corrected chi connectivity index (χ3v) is 30.6. The van der Waals surface area contributed by atoms with Crippen LogP contribution in [-0.4, -0.2) is 348 Å². The summed E-state index contributed by atoms with van der Waals surface area (Å²) in [6.45, 7) is 19.6. The van der Waals surface area contributed by atoms with Crippen molar-refractivity contribution in [3.63, 3.8) is 0 Å². The van der Waals surface area contributed by atoms with Crippen LogP contribution in [0.3, 0.4) is 0 Å². The number of likely N-dealkylation sites (N-methyl/N-ethyl adjacent to an activating group) is 1. The van der Waals surface area contributed by atoms with Gasteiger partial charge in [-0.25, -0.2) is 68.6 Å². The van der Waals surface area contributed by atoms with E-state index in [9.17, 15) is 32.4 Å². The molecule has 4 saturated heterocycles. The molecule has 5 rings (SSSR count). The average Bonchev–Trinajstić information content (AvgIpc) is 0.892. The molecule has 4 aliphatic rings. The number of hydrogen-bond acceptors (Lipinski definition) is 27. The molecule has 6 unspecified atom stereocenters. The van der Waals surface area contributed by atoms with E-state index in [-0.39, 0.29) is 156 Å². The molecule has 1 aromatic heterocycles. The summed E-state index contributed by atoms with van der Waals surface area (Å²) in [6, 6.07) is 1.52. The van der Waals surface area contributed by atoms with Gasteiger partial charge in [0, 0.05) is 91.3 Å². The standard InChI is InChI=1S/C63H133N17O24P6/c1-18-24-76(63(83)92-32-31-91-30-29-90-28-27-81)26-23-69-105(84,65-10)93-46-57-39-77(35-51(7)101-57)107(86,67-12)95-47-58-40-78(36-52(8)102-58)108(87,68-13)96-48-59-41-79(37-53(9)103-59)110(89,74(16)17)98-44-55(100-50(6)20-3)34-71-109(88,73(14)15)97-43-54(99-49(5)19-2)33-70-106(85,66-11)94-45-56-38-75(21-4)42-61(104-56)80-25-22-60(64)72-62(80)82/h22,25,49-59,61,81H,18-21,23-24,26-48H2,1-17H3,(H,67,86)(H,68,87)(H,71,88)(H2,64,72,82)(H2,65,69,84)(H2,66,70,85)/t49-,50-,51-,52-,53-,54-,55-,56-,57-,58-,59-,61+,105?,106?,107?,108?,109?,110?/m0/s1. The highest BCUT2D eigenvalue weighted by Gasteiger charge is 2.46. The van der Waals surface area contributed by atoms with Gasteiger partial charge in [0.15, 0.2) is 6.23 Å². The molecule has 0 aromatic carbocycles. The normalized spacial score (nSPS) is 26.0. The molecule has 4 fully saturated rings. The summed E-state index contributed by atoms with van der Waals surface area (Å²) in [6.07, 6.45) is -4.21. The van der Waals surface area contributed by atoms with Crippen LogP contribution in [-0.2, 0) is 97.2 Å². The zero-order chi connectivity index (χ0) is 81.5. The quantitative estimate of drug-likeness (QED) is 0.0328. The lowest BCUT2D eigenvalue weighted by molar-refractivity contribution is -0.132. The summed E-state index contributed by atoms with van der Waals surface area (Å²) in [5, 5.41) is 29.1. The molecular weight excluding hydrogens is 1560 g/mol. The molecule has 0 saturated carbocycles. The second kappa shape index (κ2) is 48.9. The second-order valence-corrected chi connectivity index (χ2v) is 41.5. The van der Waals surface area contributed by atoms with Crippen molar-refractivity contribution in [1.82, 2.24) is 78.3 Å². The Morgan fingerprint density at radius 1 is 0.600 bits per heavy atom. The maximum atomic E-state index is 15.4. The minimum absolute atomic E-state index is 0.0220. The third kappa shape index (κ3) is 32.2. The number of amides is 1. The molecule has 0 bridgehead atoms. The Labute approximate surface area is 651 Å². The fourth-order valence-corrected chi connectivity index (χ4v) is 21.4. The molecule has 47 heteroatoms. The number of carbonyl (C=O) groups excluding carboxylic acids is 1. The van der Waals surface area contributed by atoms with E-state index in [1.165, 1.54) is 59.3 Å². The van der Waals surface area contributed by atoms with Crippen molar-refractivity contribution in [2.75, 3.05) is 233 Å². The lowest BCUT2D eigenvalue weighted by Crippen LogP contribution is -2.51. The van der Waals surface area contributed by atoms with Gasteiger partial charge < -0.3 is 85.5 Å². The summed E-state index contributed by atoms with van der Waals surface area (Å²) in [4.78, 5) is 33.1. The Balaban J connectivity index is 1.16. The highest BCUT2D eigenvalue weighted by molar-refractivity contribution is 7.56. The maximum Gasteiger partial charge on any atom is 0.409 e. The molecule has 644 valence electrons. The Morgan fingerprint density at radius 3 is 1.56 bits per heavy atom. The fourth-order valence-electron chi connectivity index (χ4n) is 12.0. The van der Waals surface area contributed by atoms with Gasteiger partial charge in [0.05, 0.1) is 140 Å². The van der Waals surface area contributed by atoms with Crippen molar-refractivity contribution < 1.29 is 107 Å². The topological polar surface area (TPSA) is 446 Å². The molecule has 1 aromatic rings. The first-order valence-electron chi connectivity index (χ1n) is 37.9. The van der Waals surface area contributed by atoms with Gasteiger partial charge in [0.25, 0.3) is 0 Å². The van der Waals surface area contributed by atoms with Crippen LogP contribution in [0, 0.1) is 0 Å². The number of hydrogen-bond donors (Lipinski definition) is 9. The van der Waals surface area contributed by atoms with Crippen LogP contribution < -0.4 is 47.0 Å². The van der Waals surface area contributed by atoms with Gasteiger partial charge in [-0.1, -0.05) is 27.7 Å². The lowest BCUT2D eigenvalue weighted by atomic mass is 10.2. The Bertz CT molecular complexity index is 3210. The fraction of sp³-hybridized carbons (Fsp3) is 0.921. The number of rotatable bonds is 55. The summed E-state index contributed by atoms with van der Waals surface area (Å²) in [5.41, 5.74) is 5.18. The van der Waals surface area contributed by atoms with Crippen LogP contribution in [0.4, 0.5) is 10.6 Å². The number of ether oxygens (including phenoxy) is 9. The number of nitrogens with zero attached hydrogens (tertiary/aromatic N) is 9. The predicted molar refractivity (Wildman–Crippen MR) is 417 cm³/mol. The Kier molecular flexibility index (Phi) is 43.9. The number of morpholine rings is 4. The van der Waals surface area contributed by atoms with Gasteiger partial charge in [-0.2, -0.15) is 4.98 Å².